The highest BCUT2D eigenvalue weighted by molar-refractivity contribution is 6.19. The molecule has 0 aromatic heterocycles. The van der Waals surface area contributed by atoms with E-state index in [-0.39, 0.29) is 0 Å². The van der Waals surface area contributed by atoms with Crippen molar-refractivity contribution in [1.82, 2.24) is 0 Å². The van der Waals surface area contributed by atoms with E-state index in [0.29, 0.717) is 18.6 Å². The Balaban J connectivity index is 2.15. The summed E-state index contributed by atoms with van der Waals surface area (Å²) in [6, 6.07) is 0. The van der Waals surface area contributed by atoms with Crippen molar-refractivity contribution in [2.75, 3.05) is 12.5 Å². The molecule has 0 N–H and O–H groups in total. The van der Waals surface area contributed by atoms with Crippen molar-refractivity contribution in [1.29, 1.82) is 0 Å². The van der Waals surface area contributed by atoms with Gasteiger partial charge in [-0.25, -0.2) is 0 Å². The van der Waals surface area contributed by atoms with Crippen LogP contribution in [0.3, 0.4) is 0 Å². The van der Waals surface area contributed by atoms with Crippen LogP contribution in [0.15, 0.2) is 12.2 Å². The maximum absolute atomic E-state index is 5.73. The van der Waals surface area contributed by atoms with Crippen LogP contribution < -0.4 is 0 Å². The molecule has 0 aliphatic heterocycles. The van der Waals surface area contributed by atoms with Crippen LogP contribution in [-0.4, -0.2) is 18.6 Å². The molecule has 1 aliphatic carbocycles. The molecule has 2 heteroatoms. The van der Waals surface area contributed by atoms with Crippen LogP contribution in [0.5, 0.6) is 0 Å². The van der Waals surface area contributed by atoms with Gasteiger partial charge < -0.3 is 4.74 Å². The molecule has 0 atom stereocenters. The van der Waals surface area contributed by atoms with Gasteiger partial charge in [-0.2, -0.15) is 0 Å². The number of hydrogen-bond donors (Lipinski definition) is 0. The molecule has 1 aliphatic rings. The first-order valence-electron chi connectivity index (χ1n) is 5.17. The number of hydrogen-bond acceptors (Lipinski definition) is 1. The van der Waals surface area contributed by atoms with Crippen LogP contribution in [0.1, 0.15) is 38.5 Å². The maximum atomic E-state index is 5.73. The minimum Gasteiger partial charge on any atom is -0.374 e. The lowest BCUT2D eigenvalue weighted by atomic mass is 10.1. The van der Waals surface area contributed by atoms with E-state index in [9.17, 15) is 0 Å². The van der Waals surface area contributed by atoms with Crippen molar-refractivity contribution < 1.29 is 4.74 Å². The predicted molar refractivity (Wildman–Crippen MR) is 57.3 cm³/mol. The van der Waals surface area contributed by atoms with Gasteiger partial charge in [0.15, 0.2) is 0 Å². The third-order valence-electron chi connectivity index (χ3n) is 2.51. The Bertz CT molecular complexity index is 148. The first-order chi connectivity index (χ1) is 6.33. The van der Waals surface area contributed by atoms with E-state index < -0.39 is 0 Å². The van der Waals surface area contributed by atoms with Crippen LogP contribution in [0, 0.1) is 0 Å². The Labute approximate surface area is 86.1 Å². The van der Waals surface area contributed by atoms with Crippen LogP contribution in [0.2, 0.25) is 0 Å². The van der Waals surface area contributed by atoms with Gasteiger partial charge >= 0.3 is 0 Å². The smallest absolute Gasteiger partial charge is 0.0689 e. The van der Waals surface area contributed by atoms with Crippen LogP contribution in [0.4, 0.5) is 0 Å². The summed E-state index contributed by atoms with van der Waals surface area (Å²) in [5.74, 6) is 0.521. The summed E-state index contributed by atoms with van der Waals surface area (Å²) in [4.78, 5) is 0. The summed E-state index contributed by atoms with van der Waals surface area (Å²) in [7, 11) is 0. The molecule has 0 saturated heterocycles. The minimum atomic E-state index is 0.461. The van der Waals surface area contributed by atoms with Gasteiger partial charge in [-0.3, -0.25) is 0 Å². The molecule has 0 spiro atoms. The van der Waals surface area contributed by atoms with Gasteiger partial charge in [0.2, 0.25) is 0 Å². The van der Waals surface area contributed by atoms with Gasteiger partial charge in [0.05, 0.1) is 12.7 Å². The fourth-order valence-electron chi connectivity index (χ4n) is 1.68. The average molecular weight is 203 g/mol. The summed E-state index contributed by atoms with van der Waals surface area (Å²) in [5.41, 5.74) is 0.992. The van der Waals surface area contributed by atoms with E-state index in [1.54, 1.807) is 0 Å². The molecule has 0 aromatic carbocycles. The second-order valence-corrected chi connectivity index (χ2v) is 4.08. The number of ether oxygens (including phenoxy) is 1. The Kier molecular flexibility index (Phi) is 5.49. The SMILES string of the molecule is C=C(CCl)COC1CCCCCC1. The molecule has 1 nitrogen and oxygen atoms in total. The maximum Gasteiger partial charge on any atom is 0.0689 e. The summed E-state index contributed by atoms with van der Waals surface area (Å²) < 4.78 is 5.73. The lowest BCUT2D eigenvalue weighted by Gasteiger charge is -2.15. The van der Waals surface area contributed by atoms with E-state index in [0.717, 1.165) is 5.57 Å². The Morgan fingerprint density at radius 3 is 2.38 bits per heavy atom. The molecule has 1 rings (SSSR count). The largest absolute Gasteiger partial charge is 0.374 e. The first-order valence-corrected chi connectivity index (χ1v) is 5.70. The highest BCUT2D eigenvalue weighted by atomic mass is 35.5. The molecule has 13 heavy (non-hydrogen) atoms. The zero-order chi connectivity index (χ0) is 9.52. The normalized spacial score (nSPS) is 19.8. The molecule has 0 amide bonds. The number of alkyl halides is 1. The van der Waals surface area contributed by atoms with Crippen molar-refractivity contribution >= 4 is 11.6 Å². The van der Waals surface area contributed by atoms with Gasteiger partial charge in [-0.15, -0.1) is 11.6 Å². The molecule has 76 valence electrons. The second-order valence-electron chi connectivity index (χ2n) is 3.81. The van der Waals surface area contributed by atoms with Crippen molar-refractivity contribution in [3.05, 3.63) is 12.2 Å². The van der Waals surface area contributed by atoms with Crippen molar-refractivity contribution in [3.63, 3.8) is 0 Å². The molecule has 0 unspecified atom stereocenters. The highest BCUT2D eigenvalue weighted by Gasteiger charge is 2.12. The minimum absolute atomic E-state index is 0.461. The van der Waals surface area contributed by atoms with E-state index >= 15 is 0 Å². The van der Waals surface area contributed by atoms with Gasteiger partial charge in [0.1, 0.15) is 0 Å². The Hall–Kier alpha value is -0.0100. The quantitative estimate of drug-likeness (QED) is 0.385. The third-order valence-corrected chi connectivity index (χ3v) is 2.89. The molecule has 0 bridgehead atoms. The van der Waals surface area contributed by atoms with Crippen LogP contribution >= 0.6 is 11.6 Å². The molecule has 0 heterocycles. The van der Waals surface area contributed by atoms with E-state index in [1.807, 2.05) is 0 Å². The standard InChI is InChI=1S/C11H19ClO/c1-10(8-12)9-13-11-6-4-2-3-5-7-11/h11H,1-9H2. The third kappa shape index (κ3) is 4.68. The lowest BCUT2D eigenvalue weighted by molar-refractivity contribution is 0.0592. The van der Waals surface area contributed by atoms with Crippen molar-refractivity contribution in [3.8, 4) is 0 Å². The fourth-order valence-corrected chi connectivity index (χ4v) is 1.76. The Morgan fingerprint density at radius 1 is 1.23 bits per heavy atom. The van der Waals surface area contributed by atoms with Gasteiger partial charge in [-0.05, 0) is 18.4 Å². The van der Waals surface area contributed by atoms with Gasteiger partial charge in [-0.1, -0.05) is 32.3 Å². The Morgan fingerprint density at radius 2 is 1.85 bits per heavy atom. The monoisotopic (exact) mass is 202 g/mol. The first kappa shape index (κ1) is 11.1. The van der Waals surface area contributed by atoms with E-state index in [4.69, 9.17) is 16.3 Å². The molecule has 0 aromatic rings. The van der Waals surface area contributed by atoms with Crippen LogP contribution in [-0.2, 0) is 4.74 Å². The highest BCUT2D eigenvalue weighted by Crippen LogP contribution is 2.20. The fraction of sp³-hybridized carbons (Fsp3) is 0.818. The van der Waals surface area contributed by atoms with Crippen molar-refractivity contribution in [2.45, 2.75) is 44.6 Å². The van der Waals surface area contributed by atoms with Gasteiger partial charge in [0.25, 0.3) is 0 Å². The molecular formula is C11H19ClO. The number of halogens is 1. The summed E-state index contributed by atoms with van der Waals surface area (Å²) in [6.45, 7) is 4.47. The molecule has 1 fully saturated rings. The lowest BCUT2D eigenvalue weighted by Crippen LogP contribution is -2.13. The summed E-state index contributed by atoms with van der Waals surface area (Å²) in [5, 5.41) is 0. The van der Waals surface area contributed by atoms with E-state index in [1.165, 1.54) is 38.5 Å². The summed E-state index contributed by atoms with van der Waals surface area (Å²) in [6.07, 6.45) is 8.27. The van der Waals surface area contributed by atoms with Gasteiger partial charge in [0, 0.05) is 5.88 Å². The molecule has 0 radical (unpaired) electrons. The predicted octanol–water partition coefficient (Wildman–Crippen LogP) is 3.52. The van der Waals surface area contributed by atoms with Crippen LogP contribution in [0.25, 0.3) is 0 Å². The summed E-state index contributed by atoms with van der Waals surface area (Å²) >= 11 is 5.62. The van der Waals surface area contributed by atoms with Crippen molar-refractivity contribution in [2.24, 2.45) is 0 Å². The zero-order valence-electron chi connectivity index (χ0n) is 8.23. The molecule has 1 saturated carbocycles. The zero-order valence-corrected chi connectivity index (χ0v) is 8.98. The molecular weight excluding hydrogens is 184 g/mol. The topological polar surface area (TPSA) is 9.23 Å². The van der Waals surface area contributed by atoms with E-state index in [2.05, 4.69) is 6.58 Å². The number of rotatable bonds is 4. The second kappa shape index (κ2) is 6.44. The average Bonchev–Trinajstić information content (AvgIpc) is 2.42.